The molecule has 0 amide bonds. The van der Waals surface area contributed by atoms with Crippen LogP contribution in [0.25, 0.3) is 0 Å². The monoisotopic (exact) mass is 174 g/mol. The second-order valence-electron chi connectivity index (χ2n) is 1.74. The van der Waals surface area contributed by atoms with Crippen LogP contribution in [-0.2, 0) is 0 Å². The molecular weight excluding hydrogens is 165 g/mol. The van der Waals surface area contributed by atoms with Gasteiger partial charge in [0, 0.05) is 6.61 Å². The van der Waals surface area contributed by atoms with Gasteiger partial charge in [0.15, 0.2) is 0 Å². The molecule has 0 aliphatic carbocycles. The fourth-order valence-electron chi connectivity index (χ4n) is 0.355. The lowest BCUT2D eigenvalue weighted by Gasteiger charge is -2.03. The van der Waals surface area contributed by atoms with Crippen molar-refractivity contribution in [3.05, 3.63) is 0 Å². The van der Waals surface area contributed by atoms with Crippen LogP contribution in [0.15, 0.2) is 0 Å². The summed E-state index contributed by atoms with van der Waals surface area (Å²) in [6, 6.07) is 0. The van der Waals surface area contributed by atoms with Crippen LogP contribution < -0.4 is 0 Å². The minimum absolute atomic E-state index is 0.0368. The summed E-state index contributed by atoms with van der Waals surface area (Å²) in [4.78, 5) is 0. The van der Waals surface area contributed by atoms with Gasteiger partial charge in [-0.2, -0.15) is 24.9 Å². The average molecular weight is 174 g/mol. The Labute approximate surface area is 61.6 Å². The van der Waals surface area contributed by atoms with Crippen molar-refractivity contribution >= 4 is 11.8 Å². The first-order chi connectivity index (χ1) is 4.56. The molecule has 0 saturated heterocycles. The summed E-state index contributed by atoms with van der Waals surface area (Å²) in [5.74, 6) is -0.441. The SMILES string of the molecule is OCCCSCC(F)(F)F. The zero-order valence-corrected chi connectivity index (χ0v) is 6.13. The lowest BCUT2D eigenvalue weighted by atomic mass is 10.5. The highest BCUT2D eigenvalue weighted by atomic mass is 32.2. The van der Waals surface area contributed by atoms with Gasteiger partial charge in [-0.15, -0.1) is 0 Å². The first kappa shape index (κ1) is 10.1. The third-order valence-electron chi connectivity index (χ3n) is 0.713. The lowest BCUT2D eigenvalue weighted by Crippen LogP contribution is -2.11. The molecule has 0 heterocycles. The fourth-order valence-corrected chi connectivity index (χ4v) is 1.06. The zero-order valence-electron chi connectivity index (χ0n) is 5.32. The highest BCUT2D eigenvalue weighted by molar-refractivity contribution is 7.99. The standard InChI is InChI=1S/C5H9F3OS/c6-5(7,8)4-10-3-1-2-9/h9H,1-4H2. The van der Waals surface area contributed by atoms with Gasteiger partial charge in [-0.25, -0.2) is 0 Å². The molecule has 1 nitrogen and oxygen atoms in total. The van der Waals surface area contributed by atoms with Crippen molar-refractivity contribution < 1.29 is 18.3 Å². The quantitative estimate of drug-likeness (QED) is 0.654. The molecule has 5 heteroatoms. The van der Waals surface area contributed by atoms with E-state index in [-0.39, 0.29) is 6.61 Å². The van der Waals surface area contributed by atoms with E-state index in [1.54, 1.807) is 0 Å². The molecule has 0 aliphatic rings. The number of aliphatic hydroxyl groups excluding tert-OH is 1. The van der Waals surface area contributed by atoms with E-state index in [4.69, 9.17) is 5.11 Å². The number of thioether (sulfide) groups is 1. The molecular formula is C5H9F3OS. The van der Waals surface area contributed by atoms with Gasteiger partial charge in [0.25, 0.3) is 0 Å². The first-order valence-corrected chi connectivity index (χ1v) is 3.97. The van der Waals surface area contributed by atoms with Crippen LogP contribution >= 0.6 is 11.8 Å². The van der Waals surface area contributed by atoms with Crippen molar-refractivity contribution in [2.75, 3.05) is 18.1 Å². The van der Waals surface area contributed by atoms with Crippen LogP contribution in [0, 0.1) is 0 Å². The Kier molecular flexibility index (Phi) is 4.89. The third-order valence-corrected chi connectivity index (χ3v) is 1.82. The van der Waals surface area contributed by atoms with E-state index in [1.807, 2.05) is 0 Å². The topological polar surface area (TPSA) is 20.2 Å². The second-order valence-corrected chi connectivity index (χ2v) is 2.85. The smallest absolute Gasteiger partial charge is 0.396 e. The van der Waals surface area contributed by atoms with Crippen LogP contribution in [0.4, 0.5) is 13.2 Å². The lowest BCUT2D eigenvalue weighted by molar-refractivity contribution is -0.105. The van der Waals surface area contributed by atoms with Crippen molar-refractivity contribution in [2.45, 2.75) is 12.6 Å². The van der Waals surface area contributed by atoms with E-state index >= 15 is 0 Å². The van der Waals surface area contributed by atoms with Gasteiger partial charge in [0.1, 0.15) is 0 Å². The molecule has 10 heavy (non-hydrogen) atoms. The molecule has 0 radical (unpaired) electrons. The van der Waals surface area contributed by atoms with Gasteiger partial charge in [-0.3, -0.25) is 0 Å². The minimum Gasteiger partial charge on any atom is -0.396 e. The van der Waals surface area contributed by atoms with Crippen LogP contribution in [-0.4, -0.2) is 29.4 Å². The van der Waals surface area contributed by atoms with Crippen molar-refractivity contribution in [3.63, 3.8) is 0 Å². The molecule has 0 aromatic heterocycles. The minimum atomic E-state index is -4.07. The van der Waals surface area contributed by atoms with E-state index in [9.17, 15) is 13.2 Å². The third kappa shape index (κ3) is 8.10. The maximum Gasteiger partial charge on any atom is 0.397 e. The van der Waals surface area contributed by atoms with Gasteiger partial charge in [0.2, 0.25) is 0 Å². The molecule has 1 N–H and O–H groups in total. The molecule has 0 bridgehead atoms. The highest BCUT2D eigenvalue weighted by Gasteiger charge is 2.26. The van der Waals surface area contributed by atoms with E-state index < -0.39 is 11.9 Å². The number of halogens is 3. The molecule has 0 spiro atoms. The molecule has 0 aromatic rings. The summed E-state index contributed by atoms with van der Waals surface area (Å²) < 4.78 is 34.2. The molecule has 62 valence electrons. The largest absolute Gasteiger partial charge is 0.397 e. The number of hydrogen-bond acceptors (Lipinski definition) is 2. The summed E-state index contributed by atoms with van der Waals surface area (Å²) in [6.07, 6.45) is -3.64. The van der Waals surface area contributed by atoms with Crippen molar-refractivity contribution in [1.29, 1.82) is 0 Å². The van der Waals surface area contributed by atoms with Crippen molar-refractivity contribution in [3.8, 4) is 0 Å². The van der Waals surface area contributed by atoms with E-state index in [1.165, 1.54) is 0 Å². The highest BCUT2D eigenvalue weighted by Crippen LogP contribution is 2.21. The Morgan fingerprint density at radius 3 is 2.30 bits per heavy atom. The predicted octanol–water partition coefficient (Wildman–Crippen LogP) is 1.66. The molecule has 0 aliphatic heterocycles. The Morgan fingerprint density at radius 1 is 1.30 bits per heavy atom. The van der Waals surface area contributed by atoms with E-state index in [0.717, 1.165) is 11.8 Å². The number of alkyl halides is 3. The molecule has 0 atom stereocenters. The first-order valence-electron chi connectivity index (χ1n) is 2.81. The normalized spacial score (nSPS) is 12.0. The summed E-state index contributed by atoms with van der Waals surface area (Å²) in [7, 11) is 0. The summed E-state index contributed by atoms with van der Waals surface area (Å²) >= 11 is 0.800. The molecule has 0 unspecified atom stereocenters. The second kappa shape index (κ2) is 4.85. The Bertz CT molecular complexity index is 83.5. The summed E-state index contributed by atoms with van der Waals surface area (Å²) in [5.41, 5.74) is 0. The van der Waals surface area contributed by atoms with E-state index in [0.29, 0.717) is 12.2 Å². The number of aliphatic hydroxyl groups is 1. The van der Waals surface area contributed by atoms with Crippen LogP contribution in [0.2, 0.25) is 0 Å². The maximum atomic E-state index is 11.4. The molecule has 0 saturated carbocycles. The Hall–Kier alpha value is 0.100. The summed E-state index contributed by atoms with van der Waals surface area (Å²) in [5, 5.41) is 8.20. The van der Waals surface area contributed by atoms with Gasteiger partial charge in [-0.1, -0.05) is 0 Å². The maximum absolute atomic E-state index is 11.4. The zero-order chi connectivity index (χ0) is 8.04. The van der Waals surface area contributed by atoms with Crippen molar-refractivity contribution in [2.24, 2.45) is 0 Å². The van der Waals surface area contributed by atoms with Crippen molar-refractivity contribution in [1.82, 2.24) is 0 Å². The molecule has 0 fully saturated rings. The average Bonchev–Trinajstić information content (AvgIpc) is 1.78. The van der Waals surface area contributed by atoms with Crippen LogP contribution in [0.5, 0.6) is 0 Å². The van der Waals surface area contributed by atoms with Gasteiger partial charge in [0.05, 0.1) is 5.75 Å². The fraction of sp³-hybridized carbons (Fsp3) is 1.00. The number of rotatable bonds is 4. The van der Waals surface area contributed by atoms with Gasteiger partial charge >= 0.3 is 6.18 Å². The summed E-state index contributed by atoms with van der Waals surface area (Å²) in [6.45, 7) is -0.0368. The molecule has 0 rings (SSSR count). The van der Waals surface area contributed by atoms with Crippen LogP contribution in [0.1, 0.15) is 6.42 Å². The Balaban J connectivity index is 3.04. The number of hydrogen-bond donors (Lipinski definition) is 1. The van der Waals surface area contributed by atoms with Gasteiger partial charge in [-0.05, 0) is 12.2 Å². The molecule has 0 aromatic carbocycles. The Morgan fingerprint density at radius 2 is 1.90 bits per heavy atom. The van der Waals surface area contributed by atoms with Crippen LogP contribution in [0.3, 0.4) is 0 Å². The van der Waals surface area contributed by atoms with E-state index in [2.05, 4.69) is 0 Å². The predicted molar refractivity (Wildman–Crippen MR) is 35.1 cm³/mol. The van der Waals surface area contributed by atoms with Gasteiger partial charge < -0.3 is 5.11 Å².